The van der Waals surface area contributed by atoms with Crippen molar-refractivity contribution in [2.24, 2.45) is 17.8 Å². The maximum absolute atomic E-state index is 12.9. The molecule has 2 heterocycles. The van der Waals surface area contributed by atoms with Gasteiger partial charge in [-0.25, -0.2) is 0 Å². The summed E-state index contributed by atoms with van der Waals surface area (Å²) in [6.07, 6.45) is 0. The summed E-state index contributed by atoms with van der Waals surface area (Å²) < 4.78 is 0. The van der Waals surface area contributed by atoms with Crippen molar-refractivity contribution in [2.45, 2.75) is 20.8 Å². The van der Waals surface area contributed by atoms with Crippen molar-refractivity contribution >= 4 is 17.5 Å². The maximum atomic E-state index is 12.9. The summed E-state index contributed by atoms with van der Waals surface area (Å²) in [5.74, 6) is 2.75. The first-order chi connectivity index (χ1) is 11.0. The van der Waals surface area contributed by atoms with Crippen molar-refractivity contribution in [2.75, 3.05) is 38.6 Å². The van der Waals surface area contributed by atoms with E-state index < -0.39 is 0 Å². The third-order valence-electron chi connectivity index (χ3n) is 5.38. The monoisotopic (exact) mass is 334 g/mol. The Morgan fingerprint density at radius 3 is 2.26 bits per heavy atom. The van der Waals surface area contributed by atoms with Gasteiger partial charge in [0.25, 0.3) is 5.91 Å². The number of fused-ring (bicyclic) bond motifs is 1. The third kappa shape index (κ3) is 3.41. The molecule has 0 bridgehead atoms. The molecule has 0 N–H and O–H groups in total. The highest BCUT2D eigenvalue weighted by Crippen LogP contribution is 2.33. The van der Waals surface area contributed by atoms with Crippen LogP contribution in [0.1, 0.15) is 28.4 Å². The number of likely N-dealkylation sites (tertiary alicyclic amines) is 2. The third-order valence-corrected chi connectivity index (χ3v) is 5.90. The van der Waals surface area contributed by atoms with Gasteiger partial charge >= 0.3 is 0 Å². The zero-order valence-corrected chi connectivity index (χ0v) is 15.1. The number of alkyl halides is 1. The maximum Gasteiger partial charge on any atom is 0.254 e. The van der Waals surface area contributed by atoms with Crippen molar-refractivity contribution in [3.8, 4) is 0 Å². The van der Waals surface area contributed by atoms with Crippen LogP contribution in [0.3, 0.4) is 0 Å². The Hall–Kier alpha value is -1.06. The SMILES string of the molecule is Cc1cccc(C)c1C(=O)N1CC2CN(CC(C)CCl)CC2C1. The number of rotatable bonds is 4. The van der Waals surface area contributed by atoms with E-state index in [0.717, 1.165) is 55.3 Å². The standard InChI is InChI=1S/C19H27ClN2O/c1-13(7-20)8-21-9-16-11-22(12-17(16)10-21)19(23)18-14(2)5-4-6-15(18)3/h4-6,13,16-17H,7-12H2,1-3H3. The van der Waals surface area contributed by atoms with Gasteiger partial charge in [0.2, 0.25) is 0 Å². The summed E-state index contributed by atoms with van der Waals surface area (Å²) in [6.45, 7) is 11.4. The van der Waals surface area contributed by atoms with E-state index >= 15 is 0 Å². The molecule has 3 rings (SSSR count). The molecule has 2 aliphatic rings. The highest BCUT2D eigenvalue weighted by atomic mass is 35.5. The van der Waals surface area contributed by atoms with E-state index in [1.807, 2.05) is 32.0 Å². The molecule has 0 radical (unpaired) electrons. The highest BCUT2D eigenvalue weighted by molar-refractivity contribution is 6.18. The van der Waals surface area contributed by atoms with Gasteiger partial charge in [-0.15, -0.1) is 11.6 Å². The van der Waals surface area contributed by atoms with Gasteiger partial charge in [-0.05, 0) is 42.7 Å². The van der Waals surface area contributed by atoms with Crippen LogP contribution in [0.2, 0.25) is 0 Å². The average Bonchev–Trinajstić information content (AvgIpc) is 3.04. The number of carbonyl (C=O) groups excluding carboxylic acids is 1. The Kier molecular flexibility index (Phi) is 4.98. The molecular weight excluding hydrogens is 308 g/mol. The lowest BCUT2D eigenvalue weighted by atomic mass is 10.0. The second kappa shape index (κ2) is 6.82. The molecule has 1 amide bonds. The number of halogens is 1. The van der Waals surface area contributed by atoms with Crippen LogP contribution < -0.4 is 0 Å². The van der Waals surface area contributed by atoms with Gasteiger partial charge in [-0.1, -0.05) is 25.1 Å². The molecule has 126 valence electrons. The van der Waals surface area contributed by atoms with Crippen molar-refractivity contribution in [3.63, 3.8) is 0 Å². The number of aryl methyl sites for hydroxylation is 2. The molecule has 1 aromatic carbocycles. The number of amides is 1. The first-order valence-corrected chi connectivity index (χ1v) is 9.16. The normalized spacial score (nSPS) is 25.7. The van der Waals surface area contributed by atoms with E-state index in [2.05, 4.69) is 16.7 Å². The lowest BCUT2D eigenvalue weighted by Gasteiger charge is -2.24. The van der Waals surface area contributed by atoms with Gasteiger partial charge < -0.3 is 9.80 Å². The van der Waals surface area contributed by atoms with Crippen LogP contribution in [-0.2, 0) is 0 Å². The summed E-state index contributed by atoms with van der Waals surface area (Å²) in [5.41, 5.74) is 3.08. The molecule has 23 heavy (non-hydrogen) atoms. The molecule has 1 aromatic rings. The molecular formula is C19H27ClN2O. The highest BCUT2D eigenvalue weighted by Gasteiger charge is 2.42. The van der Waals surface area contributed by atoms with E-state index in [1.54, 1.807) is 0 Å². The minimum absolute atomic E-state index is 0.218. The summed E-state index contributed by atoms with van der Waals surface area (Å²) in [5, 5.41) is 0. The second-order valence-corrected chi connectivity index (χ2v) is 7.78. The van der Waals surface area contributed by atoms with Crippen molar-refractivity contribution in [1.29, 1.82) is 0 Å². The number of hydrogen-bond acceptors (Lipinski definition) is 2. The number of nitrogens with zero attached hydrogens (tertiary/aromatic N) is 2. The van der Waals surface area contributed by atoms with Crippen LogP contribution in [0.15, 0.2) is 18.2 Å². The van der Waals surface area contributed by atoms with Crippen LogP contribution in [0.25, 0.3) is 0 Å². The van der Waals surface area contributed by atoms with Crippen molar-refractivity contribution in [3.05, 3.63) is 34.9 Å². The molecule has 0 aromatic heterocycles. The fraction of sp³-hybridized carbons (Fsp3) is 0.632. The van der Waals surface area contributed by atoms with Crippen molar-refractivity contribution in [1.82, 2.24) is 9.80 Å². The Morgan fingerprint density at radius 1 is 1.17 bits per heavy atom. The molecule has 2 saturated heterocycles. The fourth-order valence-corrected chi connectivity index (χ4v) is 4.30. The van der Waals surface area contributed by atoms with E-state index in [0.29, 0.717) is 17.8 Å². The molecule has 3 nitrogen and oxygen atoms in total. The zero-order chi connectivity index (χ0) is 16.6. The number of benzene rings is 1. The Labute approximate surface area is 144 Å². The Bertz CT molecular complexity index is 554. The van der Waals surface area contributed by atoms with Crippen LogP contribution >= 0.6 is 11.6 Å². The minimum Gasteiger partial charge on any atom is -0.338 e. The van der Waals surface area contributed by atoms with E-state index in [4.69, 9.17) is 11.6 Å². The predicted molar refractivity (Wildman–Crippen MR) is 95.1 cm³/mol. The lowest BCUT2D eigenvalue weighted by Crippen LogP contribution is -2.35. The van der Waals surface area contributed by atoms with Crippen LogP contribution in [-0.4, -0.2) is 54.3 Å². The van der Waals surface area contributed by atoms with Gasteiger partial charge in [0.05, 0.1) is 0 Å². The first kappa shape index (κ1) is 16.8. The van der Waals surface area contributed by atoms with Gasteiger partial charge in [-0.3, -0.25) is 4.79 Å². The largest absolute Gasteiger partial charge is 0.338 e. The first-order valence-electron chi connectivity index (χ1n) is 8.63. The number of carbonyl (C=O) groups is 1. The van der Waals surface area contributed by atoms with Gasteiger partial charge in [0, 0.05) is 44.2 Å². The quantitative estimate of drug-likeness (QED) is 0.789. The minimum atomic E-state index is 0.218. The Morgan fingerprint density at radius 2 is 1.74 bits per heavy atom. The molecule has 4 heteroatoms. The van der Waals surface area contributed by atoms with Crippen LogP contribution in [0.5, 0.6) is 0 Å². The van der Waals surface area contributed by atoms with Crippen LogP contribution in [0.4, 0.5) is 0 Å². The van der Waals surface area contributed by atoms with E-state index in [1.165, 1.54) is 0 Å². The van der Waals surface area contributed by atoms with Gasteiger partial charge in [-0.2, -0.15) is 0 Å². The average molecular weight is 335 g/mol. The molecule has 0 saturated carbocycles. The summed E-state index contributed by atoms with van der Waals surface area (Å²) in [6, 6.07) is 6.09. The molecule has 0 aliphatic carbocycles. The second-order valence-electron chi connectivity index (χ2n) is 7.48. The summed E-state index contributed by atoms with van der Waals surface area (Å²) in [4.78, 5) is 17.5. The lowest BCUT2D eigenvalue weighted by molar-refractivity contribution is 0.0771. The van der Waals surface area contributed by atoms with E-state index in [-0.39, 0.29) is 5.91 Å². The molecule has 0 spiro atoms. The molecule has 3 unspecified atom stereocenters. The fourth-order valence-electron chi connectivity index (χ4n) is 4.20. The van der Waals surface area contributed by atoms with Gasteiger partial charge in [0.1, 0.15) is 0 Å². The zero-order valence-electron chi connectivity index (χ0n) is 14.4. The van der Waals surface area contributed by atoms with E-state index in [9.17, 15) is 4.79 Å². The molecule has 2 fully saturated rings. The number of hydrogen-bond donors (Lipinski definition) is 0. The topological polar surface area (TPSA) is 23.6 Å². The van der Waals surface area contributed by atoms with Gasteiger partial charge in [0.15, 0.2) is 0 Å². The molecule has 2 aliphatic heterocycles. The predicted octanol–water partition coefficient (Wildman–Crippen LogP) is 3.18. The summed E-state index contributed by atoms with van der Waals surface area (Å²) in [7, 11) is 0. The molecule has 3 atom stereocenters. The van der Waals surface area contributed by atoms with Crippen LogP contribution in [0, 0.1) is 31.6 Å². The smallest absolute Gasteiger partial charge is 0.254 e. The Balaban J connectivity index is 1.63. The summed E-state index contributed by atoms with van der Waals surface area (Å²) >= 11 is 5.93. The van der Waals surface area contributed by atoms with Crippen molar-refractivity contribution < 1.29 is 4.79 Å².